The van der Waals surface area contributed by atoms with Gasteiger partial charge in [0, 0.05) is 11.5 Å². The molecule has 2 fully saturated rings. The Morgan fingerprint density at radius 2 is 2.10 bits per heavy atom. The van der Waals surface area contributed by atoms with E-state index in [2.05, 4.69) is 10.0 Å². The Morgan fingerprint density at radius 1 is 1.40 bits per heavy atom. The predicted octanol–water partition coefficient (Wildman–Crippen LogP) is 2.34. The first-order valence-electron chi connectivity index (χ1n) is 3.94. The molecule has 3 nitrogen and oxygen atoms in total. The van der Waals surface area contributed by atoms with Gasteiger partial charge in [-0.05, 0) is 36.1 Å². The molecule has 0 amide bonds. The summed E-state index contributed by atoms with van der Waals surface area (Å²) in [7, 11) is 0. The second-order valence-corrected chi connectivity index (χ2v) is 3.34. The van der Waals surface area contributed by atoms with Crippen molar-refractivity contribution in [1.29, 1.82) is 0 Å². The van der Waals surface area contributed by atoms with Crippen LogP contribution in [-0.2, 0) is 0 Å². The van der Waals surface area contributed by atoms with Gasteiger partial charge >= 0.3 is 0 Å². The van der Waals surface area contributed by atoms with Crippen LogP contribution in [0.3, 0.4) is 0 Å². The van der Waals surface area contributed by atoms with E-state index in [1.165, 1.54) is 19.3 Å². The van der Waals surface area contributed by atoms with Gasteiger partial charge < -0.3 is 0 Å². The molecule has 0 aliphatic heterocycles. The summed E-state index contributed by atoms with van der Waals surface area (Å²) in [6.07, 6.45) is 4.18. The highest BCUT2D eigenvalue weighted by atomic mass is 15.1. The molecule has 3 heteroatoms. The lowest BCUT2D eigenvalue weighted by Crippen LogP contribution is -1.90. The van der Waals surface area contributed by atoms with Gasteiger partial charge in [-0.1, -0.05) is 11.5 Å². The van der Waals surface area contributed by atoms with E-state index in [0.717, 1.165) is 24.3 Å². The van der Waals surface area contributed by atoms with Crippen molar-refractivity contribution in [2.45, 2.75) is 19.3 Å². The van der Waals surface area contributed by atoms with Crippen LogP contribution < -0.4 is 0 Å². The van der Waals surface area contributed by atoms with Crippen LogP contribution in [0.1, 0.15) is 19.3 Å². The van der Waals surface area contributed by atoms with Gasteiger partial charge in [-0.2, -0.15) is 0 Å². The summed E-state index contributed by atoms with van der Waals surface area (Å²) < 4.78 is 0. The Hall–Kier alpha value is -0.690. The minimum atomic E-state index is 0.756. The first kappa shape index (κ1) is 6.05. The van der Waals surface area contributed by atoms with Gasteiger partial charge in [-0.15, -0.1) is 0 Å². The quantitative estimate of drug-likeness (QED) is 0.318. The number of hydrogen-bond donors (Lipinski definition) is 0. The van der Waals surface area contributed by atoms with Gasteiger partial charge in [0.15, 0.2) is 0 Å². The molecule has 0 saturated heterocycles. The van der Waals surface area contributed by atoms with Crippen molar-refractivity contribution in [2.75, 3.05) is 6.54 Å². The number of nitrogens with zero attached hydrogens (tertiary/aromatic N) is 3. The third-order valence-corrected chi connectivity index (χ3v) is 2.94. The highest BCUT2D eigenvalue weighted by molar-refractivity contribution is 5.01. The Kier molecular flexibility index (Phi) is 1.31. The number of azide groups is 1. The zero-order valence-corrected chi connectivity index (χ0v) is 5.90. The van der Waals surface area contributed by atoms with E-state index in [1.807, 2.05) is 0 Å². The molecule has 54 valence electrons. The zero-order chi connectivity index (χ0) is 6.97. The van der Waals surface area contributed by atoms with Crippen molar-refractivity contribution in [3.05, 3.63) is 10.4 Å². The highest BCUT2D eigenvalue weighted by Gasteiger charge is 2.51. The maximum atomic E-state index is 8.06. The predicted molar refractivity (Wildman–Crippen MR) is 38.3 cm³/mol. The molecule has 10 heavy (non-hydrogen) atoms. The zero-order valence-electron chi connectivity index (χ0n) is 5.90. The molecule has 2 aliphatic rings. The average Bonchev–Trinajstić information content (AvgIpc) is 2.46. The van der Waals surface area contributed by atoms with Crippen LogP contribution in [0.5, 0.6) is 0 Å². The average molecular weight is 137 g/mol. The minimum Gasteiger partial charge on any atom is -0.0937 e. The second-order valence-electron chi connectivity index (χ2n) is 3.34. The topological polar surface area (TPSA) is 48.8 Å². The summed E-state index contributed by atoms with van der Waals surface area (Å²) in [5.41, 5.74) is 8.06. The third-order valence-electron chi connectivity index (χ3n) is 2.94. The lowest BCUT2D eigenvalue weighted by molar-refractivity contribution is 0.595. The van der Waals surface area contributed by atoms with Gasteiger partial charge in [0.1, 0.15) is 0 Å². The summed E-state index contributed by atoms with van der Waals surface area (Å²) in [6, 6.07) is 0. The maximum absolute atomic E-state index is 8.06. The molecule has 2 unspecified atom stereocenters. The van der Waals surface area contributed by atoms with Crippen molar-refractivity contribution in [3.63, 3.8) is 0 Å². The largest absolute Gasteiger partial charge is 0.0937 e. The molecule has 2 atom stereocenters. The van der Waals surface area contributed by atoms with Crippen LogP contribution in [0.15, 0.2) is 5.11 Å². The van der Waals surface area contributed by atoms with Gasteiger partial charge in [-0.3, -0.25) is 0 Å². The fourth-order valence-electron chi connectivity index (χ4n) is 2.37. The number of fused-ring (bicyclic) bond motifs is 1. The van der Waals surface area contributed by atoms with Crippen molar-refractivity contribution in [2.24, 2.45) is 22.9 Å². The molecule has 0 aromatic rings. The Balaban J connectivity index is 1.84. The van der Waals surface area contributed by atoms with Crippen molar-refractivity contribution in [1.82, 2.24) is 0 Å². The molecule has 0 aromatic heterocycles. The van der Waals surface area contributed by atoms with Crippen molar-refractivity contribution in [3.8, 4) is 0 Å². The van der Waals surface area contributed by atoms with Crippen LogP contribution in [0.4, 0.5) is 0 Å². The SMILES string of the molecule is [N-]=[N+]=NCC1C2CCCC21. The first-order chi connectivity index (χ1) is 4.93. The van der Waals surface area contributed by atoms with Crippen LogP contribution in [0.2, 0.25) is 0 Å². The van der Waals surface area contributed by atoms with E-state index in [1.54, 1.807) is 0 Å². The minimum absolute atomic E-state index is 0.756. The lowest BCUT2D eigenvalue weighted by atomic mass is 10.1. The van der Waals surface area contributed by atoms with Crippen LogP contribution in [-0.4, -0.2) is 6.54 Å². The smallest absolute Gasteiger partial charge is 0.0291 e. The Bertz CT molecular complexity index is 173. The fourth-order valence-corrected chi connectivity index (χ4v) is 2.37. The molecule has 0 N–H and O–H groups in total. The monoisotopic (exact) mass is 137 g/mol. The molecule has 2 aliphatic carbocycles. The summed E-state index contributed by atoms with van der Waals surface area (Å²) in [5, 5.41) is 3.60. The van der Waals surface area contributed by atoms with Crippen molar-refractivity contribution < 1.29 is 0 Å². The lowest BCUT2D eigenvalue weighted by Gasteiger charge is -1.94. The van der Waals surface area contributed by atoms with Crippen LogP contribution in [0, 0.1) is 17.8 Å². The summed E-state index contributed by atoms with van der Waals surface area (Å²) in [4.78, 5) is 2.77. The summed E-state index contributed by atoms with van der Waals surface area (Å²) >= 11 is 0. The van der Waals surface area contributed by atoms with Gasteiger partial charge in [0.25, 0.3) is 0 Å². The second kappa shape index (κ2) is 2.17. The van der Waals surface area contributed by atoms with E-state index in [9.17, 15) is 0 Å². The van der Waals surface area contributed by atoms with Crippen LogP contribution in [0.25, 0.3) is 10.4 Å². The maximum Gasteiger partial charge on any atom is 0.0291 e. The molecule has 0 heterocycles. The highest BCUT2D eigenvalue weighted by Crippen LogP contribution is 2.57. The molecular weight excluding hydrogens is 126 g/mol. The van der Waals surface area contributed by atoms with E-state index < -0.39 is 0 Å². The Labute approximate surface area is 60.1 Å². The third kappa shape index (κ3) is 0.781. The van der Waals surface area contributed by atoms with Crippen molar-refractivity contribution >= 4 is 0 Å². The number of hydrogen-bond acceptors (Lipinski definition) is 1. The molecular formula is C7H11N3. The van der Waals surface area contributed by atoms with E-state index in [-0.39, 0.29) is 0 Å². The van der Waals surface area contributed by atoms with Gasteiger partial charge in [0.05, 0.1) is 0 Å². The molecule has 0 aromatic carbocycles. The standard InChI is InChI=1S/C7H11N3/c8-10-9-4-7-5-2-1-3-6(5)7/h5-7H,1-4H2. The van der Waals surface area contributed by atoms with Gasteiger partial charge in [0.2, 0.25) is 0 Å². The molecule has 0 spiro atoms. The van der Waals surface area contributed by atoms with E-state index in [0.29, 0.717) is 0 Å². The molecule has 0 bridgehead atoms. The summed E-state index contributed by atoms with van der Waals surface area (Å²) in [6.45, 7) is 0.756. The first-order valence-corrected chi connectivity index (χ1v) is 3.94. The number of rotatable bonds is 2. The normalized spacial score (nSPS) is 42.2. The molecule has 2 rings (SSSR count). The Morgan fingerprint density at radius 3 is 2.70 bits per heavy atom. The van der Waals surface area contributed by atoms with Gasteiger partial charge in [-0.25, -0.2) is 0 Å². The van der Waals surface area contributed by atoms with E-state index >= 15 is 0 Å². The van der Waals surface area contributed by atoms with E-state index in [4.69, 9.17) is 5.53 Å². The summed E-state index contributed by atoms with van der Waals surface area (Å²) in [5.74, 6) is 2.64. The molecule has 2 saturated carbocycles. The van der Waals surface area contributed by atoms with Crippen LogP contribution >= 0.6 is 0 Å². The fraction of sp³-hybridized carbons (Fsp3) is 1.00. The molecule has 0 radical (unpaired) electrons.